The van der Waals surface area contributed by atoms with E-state index in [1.165, 1.54) is 32.1 Å². The highest BCUT2D eigenvalue weighted by molar-refractivity contribution is 8.30. The first-order valence-electron chi connectivity index (χ1n) is 7.95. The average molecular weight is 329 g/mol. The molecule has 1 aromatic rings. The quantitative estimate of drug-likeness (QED) is 0.554. The molecule has 0 heterocycles. The largest absolute Gasteiger partial charge is 0.283 e. The van der Waals surface area contributed by atoms with Crippen molar-refractivity contribution in [3.8, 4) is 0 Å². The Balaban J connectivity index is 2.36. The zero-order valence-corrected chi connectivity index (χ0v) is 15.1. The molecule has 0 aliphatic carbocycles. The van der Waals surface area contributed by atoms with Crippen LogP contribution in [-0.2, 0) is 24.1 Å². The molecule has 0 amide bonds. The zero-order valence-electron chi connectivity index (χ0n) is 13.5. The Bertz CT molecular complexity index is 492. The number of hydrogen-bond acceptors (Lipinski definition) is 3. The molecule has 1 aromatic carbocycles. The standard InChI is InChI=1S/C17H28O2S2/c1-4-5-6-7-8-9-10-16(3)19-21(18,20)17-13-11-15(2)12-14-17/h11-14,16H,4-10H2,1-3H3/t16-,21?/m1/s1. The van der Waals surface area contributed by atoms with E-state index in [2.05, 4.69) is 6.92 Å². The van der Waals surface area contributed by atoms with Crippen molar-refractivity contribution in [2.75, 3.05) is 0 Å². The fourth-order valence-electron chi connectivity index (χ4n) is 2.24. The van der Waals surface area contributed by atoms with E-state index < -0.39 is 8.77 Å². The highest BCUT2D eigenvalue weighted by atomic mass is 32.8. The Morgan fingerprint density at radius 1 is 1.10 bits per heavy atom. The molecule has 0 spiro atoms. The van der Waals surface area contributed by atoms with Crippen molar-refractivity contribution in [1.82, 2.24) is 0 Å². The summed E-state index contributed by atoms with van der Waals surface area (Å²) in [4.78, 5) is 0.609. The van der Waals surface area contributed by atoms with Gasteiger partial charge in [0.2, 0.25) is 0 Å². The van der Waals surface area contributed by atoms with E-state index >= 15 is 0 Å². The van der Waals surface area contributed by atoms with Crippen LogP contribution in [0.4, 0.5) is 0 Å². The maximum Gasteiger partial charge on any atom is 0.173 e. The fraction of sp³-hybridized carbons (Fsp3) is 0.647. The van der Waals surface area contributed by atoms with Crippen LogP contribution in [0.2, 0.25) is 0 Å². The molecule has 0 saturated carbocycles. The predicted molar refractivity (Wildman–Crippen MR) is 93.5 cm³/mol. The lowest BCUT2D eigenvalue weighted by atomic mass is 10.1. The van der Waals surface area contributed by atoms with Gasteiger partial charge in [0.1, 0.15) is 0 Å². The van der Waals surface area contributed by atoms with Crippen LogP contribution in [-0.4, -0.2) is 10.3 Å². The number of unbranched alkanes of at least 4 members (excludes halogenated alkanes) is 5. The second-order valence-electron chi connectivity index (χ2n) is 5.73. The van der Waals surface area contributed by atoms with Crippen LogP contribution in [0.15, 0.2) is 29.2 Å². The lowest BCUT2D eigenvalue weighted by molar-refractivity contribution is 0.229. The van der Waals surface area contributed by atoms with Crippen LogP contribution in [0.25, 0.3) is 0 Å². The summed E-state index contributed by atoms with van der Waals surface area (Å²) < 4.78 is 18.1. The molecule has 0 aromatic heterocycles. The molecule has 1 rings (SSSR count). The van der Waals surface area contributed by atoms with Gasteiger partial charge in [-0.25, -0.2) is 4.21 Å². The van der Waals surface area contributed by atoms with Gasteiger partial charge in [-0.15, -0.1) is 0 Å². The van der Waals surface area contributed by atoms with Gasteiger partial charge in [-0.3, -0.25) is 4.18 Å². The van der Waals surface area contributed by atoms with Crippen LogP contribution in [0.3, 0.4) is 0 Å². The first-order chi connectivity index (χ1) is 9.95. The summed E-state index contributed by atoms with van der Waals surface area (Å²) in [6, 6.07) is 7.45. The maximum atomic E-state index is 12.5. The van der Waals surface area contributed by atoms with Crippen molar-refractivity contribution < 1.29 is 8.39 Å². The van der Waals surface area contributed by atoms with Crippen molar-refractivity contribution in [2.45, 2.75) is 76.7 Å². The summed E-state index contributed by atoms with van der Waals surface area (Å²) in [5, 5.41) is 0. The van der Waals surface area contributed by atoms with Crippen LogP contribution < -0.4 is 0 Å². The molecule has 0 radical (unpaired) electrons. The lowest BCUT2D eigenvalue weighted by Crippen LogP contribution is -2.14. The molecule has 21 heavy (non-hydrogen) atoms. The lowest BCUT2D eigenvalue weighted by Gasteiger charge is -2.15. The van der Waals surface area contributed by atoms with Crippen molar-refractivity contribution in [3.63, 3.8) is 0 Å². The smallest absolute Gasteiger partial charge is 0.173 e. The molecule has 4 heteroatoms. The van der Waals surface area contributed by atoms with Crippen molar-refractivity contribution in [2.24, 2.45) is 0 Å². The molecule has 0 saturated heterocycles. The summed E-state index contributed by atoms with van der Waals surface area (Å²) in [6.07, 6.45) is 8.39. The third-order valence-electron chi connectivity index (χ3n) is 3.56. The molecule has 0 fully saturated rings. The average Bonchev–Trinajstić information content (AvgIpc) is 2.42. The minimum absolute atomic E-state index is 0.0533. The second-order valence-corrected chi connectivity index (χ2v) is 8.62. The summed E-state index contributed by atoms with van der Waals surface area (Å²) in [7, 11) is -2.79. The Hall–Kier alpha value is -0.450. The molecule has 1 unspecified atom stereocenters. The molecule has 2 nitrogen and oxygen atoms in total. The zero-order chi connectivity index (χ0) is 15.7. The minimum atomic E-state index is -2.79. The van der Waals surface area contributed by atoms with Crippen LogP contribution in [0.1, 0.15) is 64.4 Å². The van der Waals surface area contributed by atoms with Gasteiger partial charge in [-0.1, -0.05) is 63.1 Å². The van der Waals surface area contributed by atoms with Crippen molar-refractivity contribution in [3.05, 3.63) is 29.8 Å². The normalized spacial score (nSPS) is 15.6. The van der Waals surface area contributed by atoms with E-state index in [9.17, 15) is 4.21 Å². The number of hydrogen-bond donors (Lipinski definition) is 0. The predicted octanol–water partition coefficient (Wildman–Crippen LogP) is 5.17. The molecule has 0 aliphatic heterocycles. The molecular weight excluding hydrogens is 300 g/mol. The van der Waals surface area contributed by atoms with E-state index in [-0.39, 0.29) is 6.10 Å². The Labute approximate surface area is 135 Å². The van der Waals surface area contributed by atoms with Gasteiger partial charge >= 0.3 is 0 Å². The summed E-state index contributed by atoms with van der Waals surface area (Å²) in [5.41, 5.74) is 1.13. The monoisotopic (exact) mass is 328 g/mol. The molecule has 0 N–H and O–H groups in total. The highest BCUT2D eigenvalue weighted by Crippen LogP contribution is 2.18. The van der Waals surface area contributed by atoms with Gasteiger partial charge in [-0.2, -0.15) is 0 Å². The van der Waals surface area contributed by atoms with Crippen LogP contribution >= 0.6 is 0 Å². The van der Waals surface area contributed by atoms with Crippen molar-refractivity contribution >= 4 is 20.0 Å². The number of benzene rings is 1. The molecular formula is C17H28O2S2. The maximum absolute atomic E-state index is 12.5. The van der Waals surface area contributed by atoms with Gasteiger partial charge in [0.05, 0.1) is 11.0 Å². The Kier molecular flexibility index (Phi) is 8.45. The van der Waals surface area contributed by atoms with Gasteiger partial charge in [0, 0.05) is 11.2 Å². The third-order valence-corrected chi connectivity index (χ3v) is 5.81. The highest BCUT2D eigenvalue weighted by Gasteiger charge is 2.15. The SMILES string of the molecule is CCCCCCCC[C@@H](C)OS(=O)(=S)c1ccc(C)cc1. The Morgan fingerprint density at radius 2 is 1.67 bits per heavy atom. The fourth-order valence-corrected chi connectivity index (χ4v) is 4.08. The van der Waals surface area contributed by atoms with Gasteiger partial charge in [0.15, 0.2) is 8.77 Å². The van der Waals surface area contributed by atoms with Crippen molar-refractivity contribution in [1.29, 1.82) is 0 Å². The summed E-state index contributed by atoms with van der Waals surface area (Å²) in [6.45, 7) is 6.18. The first kappa shape index (κ1) is 18.6. The van der Waals surface area contributed by atoms with Gasteiger partial charge in [0.25, 0.3) is 0 Å². The topological polar surface area (TPSA) is 26.3 Å². The van der Waals surface area contributed by atoms with E-state index in [1.807, 2.05) is 38.1 Å². The van der Waals surface area contributed by atoms with E-state index in [0.717, 1.165) is 18.4 Å². The third kappa shape index (κ3) is 7.39. The molecule has 120 valence electrons. The minimum Gasteiger partial charge on any atom is -0.283 e. The van der Waals surface area contributed by atoms with Gasteiger partial charge in [-0.05, 0) is 32.4 Å². The molecule has 0 aliphatic rings. The Morgan fingerprint density at radius 3 is 2.29 bits per heavy atom. The second kappa shape index (κ2) is 9.54. The van der Waals surface area contributed by atoms with Gasteiger partial charge < -0.3 is 0 Å². The van der Waals surface area contributed by atoms with E-state index in [4.69, 9.17) is 15.4 Å². The van der Waals surface area contributed by atoms with E-state index in [1.54, 1.807) is 0 Å². The first-order valence-corrected chi connectivity index (χ1v) is 10.4. The summed E-state index contributed by atoms with van der Waals surface area (Å²) >= 11 is 5.17. The molecule has 0 bridgehead atoms. The van der Waals surface area contributed by atoms with Crippen LogP contribution in [0, 0.1) is 6.92 Å². The van der Waals surface area contributed by atoms with Crippen LogP contribution in [0.5, 0.6) is 0 Å². The number of rotatable bonds is 10. The summed E-state index contributed by atoms with van der Waals surface area (Å²) in [5.74, 6) is 0. The number of aryl methyl sites for hydroxylation is 1. The van der Waals surface area contributed by atoms with E-state index in [0.29, 0.717) is 4.90 Å². The molecule has 2 atom stereocenters.